The third-order valence-corrected chi connectivity index (χ3v) is 4.11. The van der Waals surface area contributed by atoms with E-state index in [9.17, 15) is 9.59 Å². The van der Waals surface area contributed by atoms with Gasteiger partial charge < -0.3 is 10.2 Å². The summed E-state index contributed by atoms with van der Waals surface area (Å²) in [6.07, 6.45) is 0. The summed E-state index contributed by atoms with van der Waals surface area (Å²) in [5.74, 6) is -0.0690. The molecule has 2 aromatic carbocycles. The van der Waals surface area contributed by atoms with Gasteiger partial charge in [-0.25, -0.2) is 0 Å². The van der Waals surface area contributed by atoms with Crippen LogP contribution in [0.2, 0.25) is 0 Å². The molecule has 5 heteroatoms. The maximum absolute atomic E-state index is 12.7. The van der Waals surface area contributed by atoms with Gasteiger partial charge in [-0.15, -0.1) is 0 Å². The maximum Gasteiger partial charge on any atom is 0.251 e. The largest absolute Gasteiger partial charge is 0.355 e. The molecule has 1 atom stereocenters. The predicted octanol–water partition coefficient (Wildman–Crippen LogP) is 2.31. The molecule has 2 amide bonds. The molecule has 5 nitrogen and oxygen atoms in total. The molecule has 25 heavy (non-hydrogen) atoms. The van der Waals surface area contributed by atoms with E-state index in [1.165, 1.54) is 0 Å². The van der Waals surface area contributed by atoms with Crippen LogP contribution in [0.3, 0.4) is 0 Å². The average molecular weight is 339 g/mol. The zero-order valence-corrected chi connectivity index (χ0v) is 15.2. The minimum atomic E-state index is -0.352. The molecule has 1 unspecified atom stereocenters. The van der Waals surface area contributed by atoms with E-state index in [0.717, 1.165) is 11.1 Å². The minimum Gasteiger partial charge on any atom is -0.355 e. The van der Waals surface area contributed by atoms with Crippen molar-refractivity contribution in [2.24, 2.45) is 0 Å². The third-order valence-electron chi connectivity index (χ3n) is 4.11. The number of carbonyl (C=O) groups is 2. The molecular weight excluding hydrogens is 314 g/mol. The smallest absolute Gasteiger partial charge is 0.251 e. The molecule has 0 aliphatic heterocycles. The first-order valence-electron chi connectivity index (χ1n) is 8.21. The number of hydrogen-bond acceptors (Lipinski definition) is 3. The highest BCUT2D eigenvalue weighted by Gasteiger charge is 2.26. The summed E-state index contributed by atoms with van der Waals surface area (Å²) in [5.41, 5.74) is 2.63. The topological polar surface area (TPSA) is 52.7 Å². The highest BCUT2D eigenvalue weighted by atomic mass is 16.2. The van der Waals surface area contributed by atoms with Crippen molar-refractivity contribution < 1.29 is 9.59 Å². The van der Waals surface area contributed by atoms with Crippen molar-refractivity contribution in [3.05, 3.63) is 71.3 Å². The molecule has 0 aromatic heterocycles. The Balaban J connectivity index is 2.21. The summed E-state index contributed by atoms with van der Waals surface area (Å²) in [4.78, 5) is 28.0. The summed E-state index contributed by atoms with van der Waals surface area (Å²) in [5, 5.41) is 2.61. The van der Waals surface area contributed by atoms with E-state index < -0.39 is 0 Å². The molecule has 0 heterocycles. The normalized spacial score (nSPS) is 11.9. The lowest BCUT2D eigenvalue weighted by atomic mass is 10.0. The van der Waals surface area contributed by atoms with E-state index in [1.807, 2.05) is 54.4 Å². The SMILES string of the molecule is CNC(=O)c1ccc(CN(C)C(C(=O)N(C)C)c2ccccc2)cc1. The van der Waals surface area contributed by atoms with Crippen LogP contribution >= 0.6 is 0 Å². The molecule has 1 N–H and O–H groups in total. The van der Waals surface area contributed by atoms with Crippen LogP contribution in [0.5, 0.6) is 0 Å². The summed E-state index contributed by atoms with van der Waals surface area (Å²) >= 11 is 0. The van der Waals surface area contributed by atoms with Crippen LogP contribution in [0.1, 0.15) is 27.5 Å². The van der Waals surface area contributed by atoms with Gasteiger partial charge in [-0.1, -0.05) is 42.5 Å². The Bertz CT molecular complexity index is 711. The Hall–Kier alpha value is -2.66. The monoisotopic (exact) mass is 339 g/mol. The first kappa shape index (κ1) is 18.7. The fourth-order valence-electron chi connectivity index (χ4n) is 2.75. The van der Waals surface area contributed by atoms with E-state index in [4.69, 9.17) is 0 Å². The van der Waals surface area contributed by atoms with Crippen molar-refractivity contribution >= 4 is 11.8 Å². The molecule has 0 saturated carbocycles. The fourth-order valence-corrected chi connectivity index (χ4v) is 2.75. The van der Waals surface area contributed by atoms with Gasteiger partial charge in [-0.2, -0.15) is 0 Å². The lowest BCUT2D eigenvalue weighted by molar-refractivity contribution is -0.134. The highest BCUT2D eigenvalue weighted by molar-refractivity contribution is 5.93. The predicted molar refractivity (Wildman–Crippen MR) is 99.2 cm³/mol. The number of hydrogen-bond donors (Lipinski definition) is 1. The second-order valence-corrected chi connectivity index (χ2v) is 6.24. The van der Waals surface area contributed by atoms with E-state index in [2.05, 4.69) is 5.32 Å². The number of nitrogens with zero attached hydrogens (tertiary/aromatic N) is 2. The van der Waals surface area contributed by atoms with Crippen LogP contribution in [0.25, 0.3) is 0 Å². The summed E-state index contributed by atoms with van der Waals surface area (Å²) < 4.78 is 0. The van der Waals surface area contributed by atoms with Gasteiger partial charge in [-0.05, 0) is 30.3 Å². The van der Waals surface area contributed by atoms with E-state index in [1.54, 1.807) is 38.2 Å². The van der Waals surface area contributed by atoms with Crippen molar-refractivity contribution in [2.75, 3.05) is 28.2 Å². The van der Waals surface area contributed by atoms with Gasteiger partial charge >= 0.3 is 0 Å². The second-order valence-electron chi connectivity index (χ2n) is 6.24. The van der Waals surface area contributed by atoms with Gasteiger partial charge in [0.1, 0.15) is 6.04 Å². The van der Waals surface area contributed by atoms with E-state index in [-0.39, 0.29) is 17.9 Å². The lowest BCUT2D eigenvalue weighted by Crippen LogP contribution is -2.37. The standard InChI is InChI=1S/C20H25N3O2/c1-21-19(24)17-12-10-15(11-13-17)14-23(4)18(20(25)22(2)3)16-8-6-5-7-9-16/h5-13,18H,14H2,1-4H3,(H,21,24). The molecule has 132 valence electrons. The molecule has 0 radical (unpaired) electrons. The van der Waals surface area contributed by atoms with Crippen LogP contribution in [-0.4, -0.2) is 49.8 Å². The summed E-state index contributed by atoms with van der Waals surface area (Å²) in [6, 6.07) is 16.9. The van der Waals surface area contributed by atoms with Crippen molar-refractivity contribution in [3.63, 3.8) is 0 Å². The molecule has 0 aliphatic carbocycles. The number of rotatable bonds is 6. The van der Waals surface area contributed by atoms with E-state index in [0.29, 0.717) is 12.1 Å². The molecule has 2 aromatic rings. The molecule has 0 aliphatic rings. The minimum absolute atomic E-state index is 0.0377. The van der Waals surface area contributed by atoms with Crippen LogP contribution in [0.15, 0.2) is 54.6 Å². The first-order chi connectivity index (χ1) is 11.9. The van der Waals surface area contributed by atoms with Crippen molar-refractivity contribution in [2.45, 2.75) is 12.6 Å². The van der Waals surface area contributed by atoms with Crippen LogP contribution in [0, 0.1) is 0 Å². The molecule has 0 bridgehead atoms. The van der Waals surface area contributed by atoms with Gasteiger partial charge in [0.2, 0.25) is 5.91 Å². The number of nitrogens with one attached hydrogen (secondary N) is 1. The molecule has 0 spiro atoms. The van der Waals surface area contributed by atoms with Crippen LogP contribution in [-0.2, 0) is 11.3 Å². The third kappa shape index (κ3) is 4.67. The number of carbonyl (C=O) groups excluding carboxylic acids is 2. The van der Waals surface area contributed by atoms with E-state index >= 15 is 0 Å². The Morgan fingerprint density at radius 1 is 0.960 bits per heavy atom. The number of amides is 2. The van der Waals surface area contributed by atoms with Gasteiger partial charge in [0, 0.05) is 33.3 Å². The van der Waals surface area contributed by atoms with Gasteiger partial charge in [0.25, 0.3) is 5.91 Å². The van der Waals surface area contributed by atoms with Gasteiger partial charge in [0.05, 0.1) is 0 Å². The lowest BCUT2D eigenvalue weighted by Gasteiger charge is -2.29. The Morgan fingerprint density at radius 3 is 2.08 bits per heavy atom. The van der Waals surface area contributed by atoms with Crippen LogP contribution in [0.4, 0.5) is 0 Å². The Labute approximate surface area is 149 Å². The Kier molecular flexibility index (Phi) is 6.31. The van der Waals surface area contributed by atoms with Gasteiger partial charge in [-0.3, -0.25) is 14.5 Å². The first-order valence-corrected chi connectivity index (χ1v) is 8.21. The molecular formula is C20H25N3O2. The second kappa shape index (κ2) is 8.44. The fraction of sp³-hybridized carbons (Fsp3) is 0.300. The molecule has 0 fully saturated rings. The quantitative estimate of drug-likeness (QED) is 0.879. The zero-order valence-electron chi connectivity index (χ0n) is 15.2. The average Bonchev–Trinajstić information content (AvgIpc) is 2.62. The number of likely N-dealkylation sites (N-methyl/N-ethyl adjacent to an activating group) is 2. The molecule has 0 saturated heterocycles. The van der Waals surface area contributed by atoms with Crippen LogP contribution < -0.4 is 5.32 Å². The maximum atomic E-state index is 12.7. The van der Waals surface area contributed by atoms with Crippen molar-refractivity contribution in [1.29, 1.82) is 0 Å². The zero-order chi connectivity index (χ0) is 18.4. The molecule has 2 rings (SSSR count). The number of benzene rings is 2. The summed E-state index contributed by atoms with van der Waals surface area (Å²) in [6.45, 7) is 0.604. The van der Waals surface area contributed by atoms with Crippen molar-refractivity contribution in [3.8, 4) is 0 Å². The van der Waals surface area contributed by atoms with Crippen molar-refractivity contribution in [1.82, 2.24) is 15.1 Å². The Morgan fingerprint density at radius 2 is 1.56 bits per heavy atom. The summed E-state index contributed by atoms with van der Waals surface area (Å²) in [7, 11) is 7.08. The van der Waals surface area contributed by atoms with Gasteiger partial charge in [0.15, 0.2) is 0 Å². The highest BCUT2D eigenvalue weighted by Crippen LogP contribution is 2.23.